The van der Waals surface area contributed by atoms with Crippen molar-refractivity contribution in [3.05, 3.63) is 36.2 Å². The Labute approximate surface area is 170 Å². The van der Waals surface area contributed by atoms with Crippen LogP contribution in [0, 0.1) is 0 Å². The third-order valence-electron chi connectivity index (χ3n) is 5.71. The van der Waals surface area contributed by atoms with Gasteiger partial charge in [0, 0.05) is 37.7 Å². The molecule has 0 unspecified atom stereocenters. The van der Waals surface area contributed by atoms with E-state index in [-0.39, 0.29) is 24.3 Å². The fourth-order valence-electron chi connectivity index (χ4n) is 4.23. The molecule has 1 aliphatic carbocycles. The van der Waals surface area contributed by atoms with Crippen molar-refractivity contribution < 1.29 is 14.1 Å². The van der Waals surface area contributed by atoms with E-state index in [0.717, 1.165) is 24.9 Å². The third kappa shape index (κ3) is 4.82. The first-order chi connectivity index (χ1) is 14.2. The lowest BCUT2D eigenvalue weighted by Crippen LogP contribution is -2.59. The van der Waals surface area contributed by atoms with Crippen molar-refractivity contribution in [1.29, 1.82) is 0 Å². The van der Waals surface area contributed by atoms with Gasteiger partial charge in [0.1, 0.15) is 0 Å². The Kier molecular flexibility index (Phi) is 6.19. The summed E-state index contributed by atoms with van der Waals surface area (Å²) in [5.74, 6) is 0.853. The van der Waals surface area contributed by atoms with Crippen LogP contribution in [0.25, 0.3) is 11.4 Å². The number of benzene rings is 1. The van der Waals surface area contributed by atoms with Gasteiger partial charge in [-0.05, 0) is 12.8 Å². The molecule has 1 aromatic carbocycles. The molecular weight excluding hydrogens is 370 g/mol. The van der Waals surface area contributed by atoms with E-state index >= 15 is 0 Å². The van der Waals surface area contributed by atoms with Crippen LogP contribution in [0.5, 0.6) is 0 Å². The predicted molar refractivity (Wildman–Crippen MR) is 107 cm³/mol. The van der Waals surface area contributed by atoms with Crippen LogP contribution in [-0.4, -0.2) is 58.6 Å². The smallest absolute Gasteiger partial charge is 0.237 e. The monoisotopic (exact) mass is 397 g/mol. The number of hydrogen-bond donors (Lipinski definition) is 2. The topological polar surface area (TPSA) is 100 Å². The SMILES string of the molecule is O=C(C[C@@H]1C(=O)NCCN1C1CCCC1)NCCc1nc(-c2ccccc2)no1. The molecule has 2 heterocycles. The average Bonchev–Trinajstić information content (AvgIpc) is 3.42. The van der Waals surface area contributed by atoms with Gasteiger partial charge in [0.25, 0.3) is 0 Å². The molecular formula is C21H27N5O3. The van der Waals surface area contributed by atoms with Gasteiger partial charge in [0.15, 0.2) is 0 Å². The van der Waals surface area contributed by atoms with Crippen molar-refractivity contribution >= 4 is 11.8 Å². The first kappa shape index (κ1) is 19.6. The molecule has 1 atom stereocenters. The first-order valence-corrected chi connectivity index (χ1v) is 10.4. The van der Waals surface area contributed by atoms with Crippen LogP contribution < -0.4 is 10.6 Å². The number of rotatable bonds is 7. The van der Waals surface area contributed by atoms with Crippen molar-refractivity contribution in [3.8, 4) is 11.4 Å². The molecule has 0 radical (unpaired) electrons. The number of aromatic nitrogens is 2. The van der Waals surface area contributed by atoms with Gasteiger partial charge in [-0.2, -0.15) is 4.98 Å². The van der Waals surface area contributed by atoms with Crippen LogP contribution in [0.3, 0.4) is 0 Å². The van der Waals surface area contributed by atoms with Gasteiger partial charge in [0.05, 0.1) is 12.5 Å². The van der Waals surface area contributed by atoms with Gasteiger partial charge in [-0.25, -0.2) is 0 Å². The summed E-state index contributed by atoms with van der Waals surface area (Å²) >= 11 is 0. The average molecular weight is 397 g/mol. The number of carbonyl (C=O) groups is 2. The van der Waals surface area contributed by atoms with E-state index in [0.29, 0.717) is 37.3 Å². The Balaban J connectivity index is 1.27. The highest BCUT2D eigenvalue weighted by atomic mass is 16.5. The summed E-state index contributed by atoms with van der Waals surface area (Å²) in [5.41, 5.74) is 0.891. The number of hydrogen-bond acceptors (Lipinski definition) is 6. The maximum atomic E-state index is 12.4. The van der Waals surface area contributed by atoms with Crippen LogP contribution in [0.15, 0.2) is 34.9 Å². The van der Waals surface area contributed by atoms with E-state index in [1.165, 1.54) is 12.8 Å². The summed E-state index contributed by atoms with van der Waals surface area (Å²) in [7, 11) is 0. The molecule has 2 fully saturated rings. The number of piperazine rings is 1. The zero-order valence-corrected chi connectivity index (χ0v) is 16.5. The van der Waals surface area contributed by atoms with Gasteiger partial charge in [-0.3, -0.25) is 14.5 Å². The molecule has 2 amide bonds. The van der Waals surface area contributed by atoms with Gasteiger partial charge in [-0.15, -0.1) is 0 Å². The van der Waals surface area contributed by atoms with Crippen LogP contribution in [-0.2, 0) is 16.0 Å². The predicted octanol–water partition coefficient (Wildman–Crippen LogP) is 1.53. The zero-order chi connectivity index (χ0) is 20.1. The van der Waals surface area contributed by atoms with Crippen LogP contribution in [0.2, 0.25) is 0 Å². The van der Waals surface area contributed by atoms with E-state index in [2.05, 4.69) is 25.7 Å². The molecule has 1 aliphatic heterocycles. The summed E-state index contributed by atoms with van der Waals surface area (Å²) < 4.78 is 5.27. The Bertz CT molecular complexity index is 832. The van der Waals surface area contributed by atoms with Crippen molar-refractivity contribution in [3.63, 3.8) is 0 Å². The van der Waals surface area contributed by atoms with E-state index in [1.807, 2.05) is 30.3 Å². The zero-order valence-electron chi connectivity index (χ0n) is 16.5. The number of nitrogens with zero attached hydrogens (tertiary/aromatic N) is 3. The first-order valence-electron chi connectivity index (χ1n) is 10.4. The van der Waals surface area contributed by atoms with E-state index in [1.54, 1.807) is 0 Å². The third-order valence-corrected chi connectivity index (χ3v) is 5.71. The Morgan fingerprint density at radius 2 is 2.03 bits per heavy atom. The molecule has 1 saturated carbocycles. The molecule has 1 aromatic heterocycles. The van der Waals surface area contributed by atoms with Crippen molar-refractivity contribution in [2.45, 2.75) is 50.6 Å². The maximum Gasteiger partial charge on any atom is 0.237 e. The molecule has 2 aliphatic rings. The fraction of sp³-hybridized carbons (Fsp3) is 0.524. The standard InChI is InChI=1S/C21H27N5O3/c27-18(14-17-21(28)23-12-13-26(17)16-8-4-5-9-16)22-11-10-19-24-20(25-29-19)15-6-2-1-3-7-15/h1-3,6-7,16-17H,4-5,8-14H2,(H,22,27)(H,23,28)/t17-/m1/s1. The maximum absolute atomic E-state index is 12.4. The van der Waals surface area contributed by atoms with Gasteiger partial charge in [-0.1, -0.05) is 48.3 Å². The van der Waals surface area contributed by atoms with Gasteiger partial charge in [0.2, 0.25) is 23.5 Å². The summed E-state index contributed by atoms with van der Waals surface area (Å²) in [6.45, 7) is 1.87. The lowest BCUT2D eigenvalue weighted by molar-refractivity contribution is -0.135. The molecule has 29 heavy (non-hydrogen) atoms. The summed E-state index contributed by atoms with van der Waals surface area (Å²) in [6, 6.07) is 9.65. The van der Waals surface area contributed by atoms with Crippen molar-refractivity contribution in [2.75, 3.05) is 19.6 Å². The van der Waals surface area contributed by atoms with Crippen LogP contribution >= 0.6 is 0 Å². The molecule has 0 spiro atoms. The minimum atomic E-state index is -0.375. The van der Waals surface area contributed by atoms with Crippen LogP contribution in [0.1, 0.15) is 38.0 Å². The Morgan fingerprint density at radius 1 is 1.24 bits per heavy atom. The number of amides is 2. The van der Waals surface area contributed by atoms with Crippen molar-refractivity contribution in [2.24, 2.45) is 0 Å². The minimum Gasteiger partial charge on any atom is -0.356 e. The van der Waals surface area contributed by atoms with Crippen LogP contribution in [0.4, 0.5) is 0 Å². The molecule has 8 nitrogen and oxygen atoms in total. The Morgan fingerprint density at radius 3 is 2.83 bits per heavy atom. The second kappa shape index (κ2) is 9.17. The molecule has 8 heteroatoms. The molecule has 4 rings (SSSR count). The molecule has 1 saturated heterocycles. The summed E-state index contributed by atoms with van der Waals surface area (Å²) in [4.78, 5) is 31.4. The second-order valence-electron chi connectivity index (χ2n) is 7.66. The quantitative estimate of drug-likeness (QED) is 0.735. The van der Waals surface area contributed by atoms with Gasteiger partial charge < -0.3 is 15.2 Å². The molecule has 2 N–H and O–H groups in total. The molecule has 0 bridgehead atoms. The van der Waals surface area contributed by atoms with Crippen molar-refractivity contribution in [1.82, 2.24) is 25.7 Å². The highest BCUT2D eigenvalue weighted by molar-refractivity contribution is 5.88. The largest absolute Gasteiger partial charge is 0.356 e. The van der Waals surface area contributed by atoms with E-state index in [4.69, 9.17) is 4.52 Å². The highest BCUT2D eigenvalue weighted by Gasteiger charge is 2.36. The normalized spacial score (nSPS) is 20.6. The summed E-state index contributed by atoms with van der Waals surface area (Å²) in [6.07, 6.45) is 5.28. The van der Waals surface area contributed by atoms with E-state index in [9.17, 15) is 9.59 Å². The van der Waals surface area contributed by atoms with E-state index < -0.39 is 0 Å². The fourth-order valence-corrected chi connectivity index (χ4v) is 4.23. The molecule has 154 valence electrons. The second-order valence-corrected chi connectivity index (χ2v) is 7.66. The highest BCUT2D eigenvalue weighted by Crippen LogP contribution is 2.26. The number of carbonyl (C=O) groups excluding carboxylic acids is 2. The van der Waals surface area contributed by atoms with Gasteiger partial charge >= 0.3 is 0 Å². The minimum absolute atomic E-state index is 0.0392. The Hall–Kier alpha value is -2.74. The number of nitrogens with one attached hydrogen (secondary N) is 2. The molecule has 2 aromatic rings. The lowest BCUT2D eigenvalue weighted by Gasteiger charge is -2.38. The lowest BCUT2D eigenvalue weighted by atomic mass is 10.0. The summed E-state index contributed by atoms with van der Waals surface area (Å²) in [5, 5.41) is 9.77.